The summed E-state index contributed by atoms with van der Waals surface area (Å²) in [5.41, 5.74) is 11.9. The third-order valence-electron chi connectivity index (χ3n) is 9.99. The standard InChI is InChI=1S/C48H32N2S/c1-3-15-33(16-4-1)34-29-31-37(32-30-34)49(43-28-13-18-35-17-7-8-21-38(35)43)44-26-11-9-22-39(44)40-24-14-25-42-46-48(51-47(40)42)41-23-10-12-27-45(41)50(46)36-19-5-2-6-20-36/h1-32H. The fourth-order valence-electron chi connectivity index (χ4n) is 7.69. The van der Waals surface area contributed by atoms with Gasteiger partial charge >= 0.3 is 0 Å². The van der Waals surface area contributed by atoms with Crippen LogP contribution in [0.15, 0.2) is 194 Å². The van der Waals surface area contributed by atoms with Crippen molar-refractivity contribution in [3.05, 3.63) is 194 Å². The highest BCUT2D eigenvalue weighted by Gasteiger charge is 2.23. The van der Waals surface area contributed by atoms with Gasteiger partial charge in [-0.05, 0) is 59.0 Å². The monoisotopic (exact) mass is 668 g/mol. The van der Waals surface area contributed by atoms with E-state index in [1.165, 1.54) is 69.9 Å². The van der Waals surface area contributed by atoms with Crippen molar-refractivity contribution in [2.24, 2.45) is 0 Å². The molecule has 3 heteroatoms. The summed E-state index contributed by atoms with van der Waals surface area (Å²) < 4.78 is 5.05. The lowest BCUT2D eigenvalue weighted by Gasteiger charge is -2.29. The molecule has 0 aliphatic rings. The molecule has 0 saturated carbocycles. The molecule has 2 aromatic heterocycles. The van der Waals surface area contributed by atoms with Gasteiger partial charge in [-0.2, -0.15) is 0 Å². The predicted octanol–water partition coefficient (Wildman–Crippen LogP) is 14.0. The fraction of sp³-hybridized carbons (Fsp3) is 0. The second-order valence-corrected chi connectivity index (χ2v) is 13.9. The zero-order valence-electron chi connectivity index (χ0n) is 27.8. The summed E-state index contributed by atoms with van der Waals surface area (Å²) in [4.78, 5) is 2.44. The van der Waals surface area contributed by atoms with Crippen molar-refractivity contribution in [2.75, 3.05) is 4.90 Å². The Balaban J connectivity index is 1.22. The molecule has 0 atom stereocenters. The van der Waals surface area contributed by atoms with Gasteiger partial charge in [0.1, 0.15) is 0 Å². The Kier molecular flexibility index (Phi) is 7.04. The normalized spacial score (nSPS) is 11.5. The van der Waals surface area contributed by atoms with Crippen molar-refractivity contribution in [3.63, 3.8) is 0 Å². The molecule has 2 heterocycles. The van der Waals surface area contributed by atoms with Gasteiger partial charge < -0.3 is 9.47 Å². The number of thiophene rings is 1. The summed E-state index contributed by atoms with van der Waals surface area (Å²) in [6, 6.07) is 70.2. The topological polar surface area (TPSA) is 8.17 Å². The van der Waals surface area contributed by atoms with Gasteiger partial charge in [-0.3, -0.25) is 0 Å². The lowest BCUT2D eigenvalue weighted by atomic mass is 9.99. The van der Waals surface area contributed by atoms with Crippen LogP contribution in [0.25, 0.3) is 69.9 Å². The Morgan fingerprint density at radius 3 is 1.82 bits per heavy atom. The van der Waals surface area contributed by atoms with Crippen LogP contribution < -0.4 is 4.90 Å². The summed E-state index contributed by atoms with van der Waals surface area (Å²) in [7, 11) is 0. The number of nitrogens with zero attached hydrogens (tertiary/aromatic N) is 2. The van der Waals surface area contributed by atoms with E-state index in [0.717, 1.165) is 17.1 Å². The SMILES string of the molecule is c1ccc(-c2ccc(N(c3ccccc3-c3cccc4c3sc3c5ccccc5n(-c5ccccc5)c43)c3cccc4ccccc34)cc2)cc1. The van der Waals surface area contributed by atoms with Crippen molar-refractivity contribution in [1.82, 2.24) is 4.57 Å². The maximum atomic E-state index is 2.44. The van der Waals surface area contributed by atoms with Gasteiger partial charge in [-0.15, -0.1) is 11.3 Å². The van der Waals surface area contributed by atoms with Crippen LogP contribution in [0.3, 0.4) is 0 Å². The van der Waals surface area contributed by atoms with E-state index in [4.69, 9.17) is 0 Å². The molecule has 0 spiro atoms. The third-order valence-corrected chi connectivity index (χ3v) is 11.3. The first-order valence-electron chi connectivity index (χ1n) is 17.4. The molecule has 0 N–H and O–H groups in total. The fourth-order valence-corrected chi connectivity index (χ4v) is 9.04. The molecule has 2 nitrogen and oxygen atoms in total. The summed E-state index contributed by atoms with van der Waals surface area (Å²) >= 11 is 1.90. The zero-order valence-corrected chi connectivity index (χ0v) is 28.6. The van der Waals surface area contributed by atoms with Gasteiger partial charge in [0.25, 0.3) is 0 Å². The maximum Gasteiger partial charge on any atom is 0.0727 e. The van der Waals surface area contributed by atoms with Crippen molar-refractivity contribution in [2.45, 2.75) is 0 Å². The first-order valence-corrected chi connectivity index (χ1v) is 18.2. The van der Waals surface area contributed by atoms with E-state index in [9.17, 15) is 0 Å². The van der Waals surface area contributed by atoms with E-state index in [0.29, 0.717) is 0 Å². The minimum absolute atomic E-state index is 1.11. The van der Waals surface area contributed by atoms with Crippen LogP contribution in [0.1, 0.15) is 0 Å². The van der Waals surface area contributed by atoms with E-state index in [-0.39, 0.29) is 0 Å². The molecule has 0 amide bonds. The Hall–Kier alpha value is -6.42. The van der Waals surface area contributed by atoms with Crippen molar-refractivity contribution >= 4 is 70.4 Å². The van der Waals surface area contributed by atoms with Crippen LogP contribution in [-0.2, 0) is 0 Å². The van der Waals surface area contributed by atoms with Crippen LogP contribution in [0, 0.1) is 0 Å². The smallest absolute Gasteiger partial charge is 0.0727 e. The molecular weight excluding hydrogens is 637 g/mol. The summed E-state index contributed by atoms with van der Waals surface area (Å²) in [5.74, 6) is 0. The Bertz CT molecular complexity index is 2840. The molecular formula is C48H32N2S. The van der Waals surface area contributed by atoms with Crippen molar-refractivity contribution in [1.29, 1.82) is 0 Å². The van der Waals surface area contributed by atoms with Crippen LogP contribution in [0.2, 0.25) is 0 Å². The minimum Gasteiger partial charge on any atom is -0.309 e. The minimum atomic E-state index is 1.11. The maximum absolute atomic E-state index is 2.44. The first-order chi connectivity index (χ1) is 25.3. The van der Waals surface area contributed by atoms with Crippen LogP contribution >= 0.6 is 11.3 Å². The highest BCUT2D eigenvalue weighted by Crippen LogP contribution is 2.49. The number of hydrogen-bond donors (Lipinski definition) is 0. The molecule has 8 aromatic carbocycles. The molecule has 0 bridgehead atoms. The quantitative estimate of drug-likeness (QED) is 0.171. The number of anilines is 3. The lowest BCUT2D eigenvalue weighted by molar-refractivity contribution is 1.19. The molecule has 240 valence electrons. The van der Waals surface area contributed by atoms with E-state index in [1.54, 1.807) is 0 Å². The molecule has 0 aliphatic carbocycles. The van der Waals surface area contributed by atoms with Gasteiger partial charge in [0.15, 0.2) is 0 Å². The Morgan fingerprint density at radius 1 is 0.392 bits per heavy atom. The van der Waals surface area contributed by atoms with Crippen LogP contribution in [0.5, 0.6) is 0 Å². The molecule has 0 aliphatic heterocycles. The van der Waals surface area contributed by atoms with Crippen molar-refractivity contribution < 1.29 is 0 Å². The average molecular weight is 669 g/mol. The van der Waals surface area contributed by atoms with E-state index in [2.05, 4.69) is 204 Å². The Labute approximate surface area is 300 Å². The number of para-hydroxylation sites is 3. The summed E-state index contributed by atoms with van der Waals surface area (Å²) in [6.07, 6.45) is 0. The third kappa shape index (κ3) is 4.85. The molecule has 0 fully saturated rings. The summed E-state index contributed by atoms with van der Waals surface area (Å²) in [5, 5.41) is 4.99. The van der Waals surface area contributed by atoms with Gasteiger partial charge in [0.2, 0.25) is 0 Å². The molecule has 0 saturated heterocycles. The van der Waals surface area contributed by atoms with Gasteiger partial charge in [-0.25, -0.2) is 0 Å². The molecule has 10 rings (SSSR count). The van der Waals surface area contributed by atoms with Gasteiger partial charge in [0.05, 0.1) is 27.1 Å². The first kappa shape index (κ1) is 29.5. The largest absolute Gasteiger partial charge is 0.309 e. The number of fused-ring (bicyclic) bond motifs is 6. The molecule has 0 radical (unpaired) electrons. The van der Waals surface area contributed by atoms with E-state index in [1.807, 2.05) is 11.3 Å². The molecule has 51 heavy (non-hydrogen) atoms. The number of rotatable bonds is 6. The molecule has 0 unspecified atom stereocenters. The average Bonchev–Trinajstić information content (AvgIpc) is 3.74. The number of benzene rings is 8. The zero-order chi connectivity index (χ0) is 33.7. The summed E-state index contributed by atoms with van der Waals surface area (Å²) in [6.45, 7) is 0. The lowest BCUT2D eigenvalue weighted by Crippen LogP contribution is -2.11. The molecule has 10 aromatic rings. The second kappa shape index (κ2) is 12.2. The van der Waals surface area contributed by atoms with Gasteiger partial charge in [0, 0.05) is 43.4 Å². The highest BCUT2D eigenvalue weighted by atomic mass is 32.1. The highest BCUT2D eigenvalue weighted by molar-refractivity contribution is 7.27. The number of aromatic nitrogens is 1. The Morgan fingerprint density at radius 2 is 0.980 bits per heavy atom. The second-order valence-electron chi connectivity index (χ2n) is 12.9. The predicted molar refractivity (Wildman–Crippen MR) is 219 cm³/mol. The van der Waals surface area contributed by atoms with Gasteiger partial charge in [-0.1, -0.05) is 152 Å². The van der Waals surface area contributed by atoms with Crippen LogP contribution in [0.4, 0.5) is 17.1 Å². The number of hydrogen-bond acceptors (Lipinski definition) is 2. The van der Waals surface area contributed by atoms with Crippen molar-refractivity contribution in [3.8, 4) is 27.9 Å². The van der Waals surface area contributed by atoms with E-state index < -0.39 is 0 Å². The van der Waals surface area contributed by atoms with E-state index >= 15 is 0 Å². The van der Waals surface area contributed by atoms with Crippen LogP contribution in [-0.4, -0.2) is 4.57 Å².